The molecule has 1 atom stereocenters. The summed E-state index contributed by atoms with van der Waals surface area (Å²) in [7, 11) is -3.24. The second-order valence-electron chi connectivity index (χ2n) is 4.63. The first-order valence-corrected chi connectivity index (χ1v) is 7.60. The minimum absolute atomic E-state index is 0.0264. The predicted molar refractivity (Wildman–Crippen MR) is 74.2 cm³/mol. The Kier molecular flexibility index (Phi) is 3.68. The molecule has 0 radical (unpaired) electrons. The van der Waals surface area contributed by atoms with Crippen molar-refractivity contribution >= 4 is 20.6 Å². The first-order valence-electron chi connectivity index (χ1n) is 5.94. The molecular weight excluding hydrogens is 246 g/mol. The molecule has 2 aromatic carbocycles. The molecule has 3 nitrogen and oxygen atoms in total. The average molecular weight is 263 g/mol. The molecule has 0 heterocycles. The maximum absolute atomic E-state index is 12.2. The lowest BCUT2D eigenvalue weighted by atomic mass is 10.1. The molecule has 4 heteroatoms. The highest BCUT2D eigenvalue weighted by molar-refractivity contribution is 7.91. The van der Waals surface area contributed by atoms with Gasteiger partial charge in [0.1, 0.15) is 0 Å². The molecule has 1 unspecified atom stereocenters. The summed E-state index contributed by atoms with van der Waals surface area (Å²) in [4.78, 5) is 0.376. The van der Waals surface area contributed by atoms with Gasteiger partial charge in [-0.25, -0.2) is 8.42 Å². The van der Waals surface area contributed by atoms with Crippen LogP contribution in [-0.4, -0.2) is 20.7 Å². The van der Waals surface area contributed by atoms with E-state index < -0.39 is 9.84 Å². The van der Waals surface area contributed by atoms with Crippen molar-refractivity contribution in [1.82, 2.24) is 0 Å². The van der Waals surface area contributed by atoms with Crippen molar-refractivity contribution in [1.29, 1.82) is 0 Å². The number of fused-ring (bicyclic) bond motifs is 1. The zero-order valence-corrected chi connectivity index (χ0v) is 11.2. The fourth-order valence-corrected chi connectivity index (χ4v) is 3.56. The van der Waals surface area contributed by atoms with Crippen LogP contribution in [0, 0.1) is 5.92 Å². The van der Waals surface area contributed by atoms with Gasteiger partial charge in [0.25, 0.3) is 0 Å². The van der Waals surface area contributed by atoms with Gasteiger partial charge >= 0.3 is 0 Å². The van der Waals surface area contributed by atoms with E-state index in [9.17, 15) is 8.42 Å². The number of nitrogens with two attached hydrogens (primary N) is 1. The van der Waals surface area contributed by atoms with Gasteiger partial charge in [-0.05, 0) is 35.4 Å². The standard InChI is InChI=1S/C14H17NO2S/c1-11(9-15)10-18(16,17)14-7-6-12-4-2-3-5-13(12)8-14/h2-8,11H,9-10,15H2,1H3. The largest absolute Gasteiger partial charge is 0.330 e. The van der Waals surface area contributed by atoms with Crippen LogP contribution in [0.4, 0.5) is 0 Å². The third kappa shape index (κ3) is 2.71. The molecule has 2 aromatic rings. The number of hydrogen-bond acceptors (Lipinski definition) is 3. The summed E-state index contributed by atoms with van der Waals surface area (Å²) in [5, 5.41) is 1.99. The number of hydrogen-bond donors (Lipinski definition) is 1. The van der Waals surface area contributed by atoms with Crippen LogP contribution in [0.15, 0.2) is 47.4 Å². The molecule has 0 spiro atoms. The zero-order valence-electron chi connectivity index (χ0n) is 10.3. The second-order valence-corrected chi connectivity index (χ2v) is 6.67. The lowest BCUT2D eigenvalue weighted by Gasteiger charge is -2.10. The van der Waals surface area contributed by atoms with Gasteiger partial charge in [0.2, 0.25) is 0 Å². The molecule has 0 bridgehead atoms. The maximum atomic E-state index is 12.2. The van der Waals surface area contributed by atoms with Crippen LogP contribution >= 0.6 is 0 Å². The SMILES string of the molecule is CC(CN)CS(=O)(=O)c1ccc2ccccc2c1. The van der Waals surface area contributed by atoms with Crippen LogP contribution in [0.5, 0.6) is 0 Å². The van der Waals surface area contributed by atoms with Gasteiger partial charge in [0.15, 0.2) is 9.84 Å². The Bertz CT molecular complexity index is 650. The quantitative estimate of drug-likeness (QED) is 0.920. The molecule has 0 aromatic heterocycles. The number of sulfone groups is 1. The molecule has 0 amide bonds. The van der Waals surface area contributed by atoms with E-state index in [0.29, 0.717) is 11.4 Å². The van der Waals surface area contributed by atoms with Gasteiger partial charge in [0, 0.05) is 0 Å². The molecule has 0 aliphatic rings. The van der Waals surface area contributed by atoms with Gasteiger partial charge in [-0.2, -0.15) is 0 Å². The van der Waals surface area contributed by atoms with E-state index >= 15 is 0 Å². The van der Waals surface area contributed by atoms with Crippen molar-refractivity contribution in [2.45, 2.75) is 11.8 Å². The molecule has 0 fully saturated rings. The molecular formula is C14H17NO2S. The van der Waals surface area contributed by atoms with E-state index in [1.807, 2.05) is 37.3 Å². The van der Waals surface area contributed by atoms with Crippen LogP contribution in [0.1, 0.15) is 6.92 Å². The van der Waals surface area contributed by atoms with Crippen LogP contribution in [-0.2, 0) is 9.84 Å². The number of benzene rings is 2. The van der Waals surface area contributed by atoms with Crippen molar-refractivity contribution in [3.63, 3.8) is 0 Å². The van der Waals surface area contributed by atoms with Crippen LogP contribution < -0.4 is 5.73 Å². The second kappa shape index (κ2) is 5.08. The Balaban J connectivity index is 2.41. The molecule has 0 saturated heterocycles. The highest BCUT2D eigenvalue weighted by Gasteiger charge is 2.17. The van der Waals surface area contributed by atoms with E-state index in [1.165, 1.54) is 0 Å². The van der Waals surface area contributed by atoms with Gasteiger partial charge in [-0.3, -0.25) is 0 Å². The third-order valence-electron chi connectivity index (χ3n) is 2.99. The van der Waals surface area contributed by atoms with Crippen molar-refractivity contribution in [3.8, 4) is 0 Å². The number of rotatable bonds is 4. The Hall–Kier alpha value is -1.39. The average Bonchev–Trinajstić information content (AvgIpc) is 2.37. The maximum Gasteiger partial charge on any atom is 0.178 e. The van der Waals surface area contributed by atoms with Crippen LogP contribution in [0.3, 0.4) is 0 Å². The smallest absolute Gasteiger partial charge is 0.178 e. The zero-order chi connectivity index (χ0) is 13.2. The van der Waals surface area contributed by atoms with Crippen LogP contribution in [0.2, 0.25) is 0 Å². The fourth-order valence-electron chi connectivity index (χ4n) is 1.90. The van der Waals surface area contributed by atoms with Gasteiger partial charge in [-0.15, -0.1) is 0 Å². The molecule has 0 saturated carbocycles. The third-order valence-corrected chi connectivity index (χ3v) is 4.97. The minimum Gasteiger partial charge on any atom is -0.330 e. The van der Waals surface area contributed by atoms with Crippen molar-refractivity contribution in [2.75, 3.05) is 12.3 Å². The van der Waals surface area contributed by atoms with Gasteiger partial charge in [-0.1, -0.05) is 37.3 Å². The first kappa shape index (κ1) is 13.1. The van der Waals surface area contributed by atoms with E-state index in [4.69, 9.17) is 5.73 Å². The Morgan fingerprint density at radius 2 is 1.78 bits per heavy atom. The lowest BCUT2D eigenvalue weighted by Crippen LogP contribution is -2.21. The van der Waals surface area contributed by atoms with Crippen molar-refractivity contribution in [3.05, 3.63) is 42.5 Å². The summed E-state index contributed by atoms with van der Waals surface area (Å²) in [5.41, 5.74) is 5.48. The van der Waals surface area contributed by atoms with Crippen molar-refractivity contribution < 1.29 is 8.42 Å². The Morgan fingerprint density at radius 1 is 1.11 bits per heavy atom. The summed E-state index contributed by atoms with van der Waals surface area (Å²) in [6.45, 7) is 2.23. The molecule has 0 aliphatic carbocycles. The fraction of sp³-hybridized carbons (Fsp3) is 0.286. The van der Waals surface area contributed by atoms with Gasteiger partial charge in [0.05, 0.1) is 10.6 Å². The first-order chi connectivity index (χ1) is 8.53. The normalized spacial score (nSPS) is 13.7. The molecule has 0 aliphatic heterocycles. The molecule has 2 N–H and O–H groups in total. The topological polar surface area (TPSA) is 60.2 Å². The summed E-state index contributed by atoms with van der Waals surface area (Å²) in [6, 6.07) is 13.0. The minimum atomic E-state index is -3.24. The molecule has 2 rings (SSSR count). The van der Waals surface area contributed by atoms with E-state index in [2.05, 4.69) is 0 Å². The highest BCUT2D eigenvalue weighted by atomic mass is 32.2. The van der Waals surface area contributed by atoms with E-state index in [0.717, 1.165) is 10.8 Å². The van der Waals surface area contributed by atoms with E-state index in [-0.39, 0.29) is 11.7 Å². The van der Waals surface area contributed by atoms with E-state index in [1.54, 1.807) is 12.1 Å². The monoisotopic (exact) mass is 263 g/mol. The van der Waals surface area contributed by atoms with Crippen molar-refractivity contribution in [2.24, 2.45) is 11.7 Å². The van der Waals surface area contributed by atoms with Gasteiger partial charge < -0.3 is 5.73 Å². The molecule has 18 heavy (non-hydrogen) atoms. The molecule has 96 valence electrons. The predicted octanol–water partition coefficient (Wildman–Crippen LogP) is 2.21. The van der Waals surface area contributed by atoms with Crippen LogP contribution in [0.25, 0.3) is 10.8 Å². The summed E-state index contributed by atoms with van der Waals surface area (Å²) >= 11 is 0. The Labute approximate surface area is 108 Å². The summed E-state index contributed by atoms with van der Waals surface area (Å²) in [6.07, 6.45) is 0. The highest BCUT2D eigenvalue weighted by Crippen LogP contribution is 2.20. The lowest BCUT2D eigenvalue weighted by molar-refractivity contribution is 0.574. The Morgan fingerprint density at radius 3 is 2.44 bits per heavy atom. The summed E-state index contributed by atoms with van der Waals surface area (Å²) < 4.78 is 24.4. The summed E-state index contributed by atoms with van der Waals surface area (Å²) in [5.74, 6) is 0.0726.